The predicted octanol–water partition coefficient (Wildman–Crippen LogP) is 4.20. The molecule has 2 aromatic rings. The lowest BCUT2D eigenvalue weighted by Crippen LogP contribution is -2.50. The number of amides is 2. The van der Waals surface area contributed by atoms with Crippen molar-refractivity contribution in [1.82, 2.24) is 4.90 Å². The van der Waals surface area contributed by atoms with Crippen molar-refractivity contribution in [3.8, 4) is 0 Å². The van der Waals surface area contributed by atoms with E-state index >= 15 is 0 Å². The van der Waals surface area contributed by atoms with E-state index in [-0.39, 0.29) is 5.69 Å². The number of nitrogens with zero attached hydrogens (tertiary/aromatic N) is 2. The molecule has 4 nitrogen and oxygen atoms in total. The van der Waals surface area contributed by atoms with Crippen molar-refractivity contribution in [2.24, 2.45) is 0 Å². The molecule has 0 saturated carbocycles. The third kappa shape index (κ3) is 4.07. The maximum Gasteiger partial charge on any atom is 0.416 e. The van der Waals surface area contributed by atoms with Crippen LogP contribution in [0.1, 0.15) is 5.56 Å². The summed E-state index contributed by atoms with van der Waals surface area (Å²) in [5, 5.41) is 2.51. The van der Waals surface area contributed by atoms with E-state index in [0.29, 0.717) is 31.9 Å². The predicted molar refractivity (Wildman–Crippen MR) is 90.6 cm³/mol. The van der Waals surface area contributed by atoms with Crippen LogP contribution < -0.4 is 10.2 Å². The van der Waals surface area contributed by atoms with E-state index in [0.717, 1.165) is 12.1 Å². The van der Waals surface area contributed by atoms with E-state index < -0.39 is 23.6 Å². The van der Waals surface area contributed by atoms with Gasteiger partial charge in [-0.3, -0.25) is 0 Å². The van der Waals surface area contributed by atoms with Crippen LogP contribution in [-0.2, 0) is 6.18 Å². The van der Waals surface area contributed by atoms with E-state index in [1.807, 2.05) is 0 Å². The number of anilines is 2. The van der Waals surface area contributed by atoms with Crippen molar-refractivity contribution in [3.63, 3.8) is 0 Å². The smallest absolute Gasteiger partial charge is 0.368 e. The van der Waals surface area contributed by atoms with Gasteiger partial charge in [-0.2, -0.15) is 13.2 Å². The molecule has 1 fully saturated rings. The highest BCUT2D eigenvalue weighted by atomic mass is 19.4. The van der Waals surface area contributed by atoms with Gasteiger partial charge >= 0.3 is 12.2 Å². The van der Waals surface area contributed by atoms with Crippen LogP contribution in [0.25, 0.3) is 0 Å². The highest BCUT2D eigenvalue weighted by Gasteiger charge is 2.31. The van der Waals surface area contributed by atoms with Crippen LogP contribution in [0.2, 0.25) is 0 Å². The number of carbonyl (C=O) groups excluding carboxylic acids is 1. The fourth-order valence-corrected chi connectivity index (χ4v) is 2.80. The van der Waals surface area contributed by atoms with Crippen molar-refractivity contribution >= 4 is 17.4 Å². The minimum atomic E-state index is -4.39. The highest BCUT2D eigenvalue weighted by Crippen LogP contribution is 2.31. The second-order valence-corrected chi connectivity index (χ2v) is 5.93. The Labute approximate surface area is 148 Å². The van der Waals surface area contributed by atoms with Crippen molar-refractivity contribution in [3.05, 3.63) is 59.9 Å². The SMILES string of the molecule is O=C(Nc1ccccc1F)N1CCN(c2cccc(C(F)(F)F)c2)CC1. The number of hydrogen-bond acceptors (Lipinski definition) is 2. The molecule has 0 aromatic heterocycles. The number of piperazine rings is 1. The minimum absolute atomic E-state index is 0.0952. The molecular formula is C18H17F4N3O. The lowest BCUT2D eigenvalue weighted by molar-refractivity contribution is -0.137. The molecule has 1 saturated heterocycles. The number of carbonyl (C=O) groups is 1. The Morgan fingerprint density at radius 2 is 1.65 bits per heavy atom. The maximum atomic E-state index is 13.6. The zero-order valence-corrected chi connectivity index (χ0v) is 13.8. The molecule has 1 heterocycles. The summed E-state index contributed by atoms with van der Waals surface area (Å²) in [7, 11) is 0. The Hall–Kier alpha value is -2.77. The van der Waals surface area contributed by atoms with Crippen LogP contribution in [0, 0.1) is 5.82 Å². The van der Waals surface area contributed by atoms with Crippen LogP contribution >= 0.6 is 0 Å². The quantitative estimate of drug-likeness (QED) is 0.808. The Bertz CT molecular complexity index is 786. The molecule has 8 heteroatoms. The Kier molecular flexibility index (Phi) is 5.01. The van der Waals surface area contributed by atoms with E-state index in [9.17, 15) is 22.4 Å². The second-order valence-electron chi connectivity index (χ2n) is 5.93. The first-order valence-corrected chi connectivity index (χ1v) is 8.07. The number of hydrogen-bond donors (Lipinski definition) is 1. The Morgan fingerprint density at radius 1 is 0.962 bits per heavy atom. The average Bonchev–Trinajstić information content (AvgIpc) is 2.63. The van der Waals surface area contributed by atoms with E-state index in [1.54, 1.807) is 17.0 Å². The number of urea groups is 1. The lowest BCUT2D eigenvalue weighted by atomic mass is 10.1. The van der Waals surface area contributed by atoms with Gasteiger partial charge in [0.15, 0.2) is 0 Å². The summed E-state index contributed by atoms with van der Waals surface area (Å²) in [6.45, 7) is 1.45. The van der Waals surface area contributed by atoms with E-state index in [1.165, 1.54) is 29.2 Å². The summed E-state index contributed by atoms with van der Waals surface area (Å²) >= 11 is 0. The Morgan fingerprint density at radius 3 is 2.31 bits per heavy atom. The summed E-state index contributed by atoms with van der Waals surface area (Å²) in [4.78, 5) is 15.5. The monoisotopic (exact) mass is 367 g/mol. The van der Waals surface area contributed by atoms with Gasteiger partial charge in [-0.25, -0.2) is 9.18 Å². The molecule has 0 aliphatic carbocycles. The van der Waals surface area contributed by atoms with E-state index in [2.05, 4.69) is 5.32 Å². The van der Waals surface area contributed by atoms with Gasteiger partial charge in [-0.1, -0.05) is 18.2 Å². The van der Waals surface area contributed by atoms with Gasteiger partial charge < -0.3 is 15.1 Å². The number of nitrogens with one attached hydrogen (secondary N) is 1. The third-order valence-corrected chi connectivity index (χ3v) is 4.22. The van der Waals surface area contributed by atoms with Crippen LogP contribution in [0.3, 0.4) is 0 Å². The fraction of sp³-hybridized carbons (Fsp3) is 0.278. The average molecular weight is 367 g/mol. The lowest BCUT2D eigenvalue weighted by Gasteiger charge is -2.36. The normalized spacial score (nSPS) is 15.1. The number of benzene rings is 2. The molecular weight excluding hydrogens is 350 g/mol. The van der Waals surface area contributed by atoms with Gasteiger partial charge in [-0.15, -0.1) is 0 Å². The van der Waals surface area contributed by atoms with Crippen LogP contribution in [0.5, 0.6) is 0 Å². The third-order valence-electron chi connectivity index (χ3n) is 4.22. The molecule has 26 heavy (non-hydrogen) atoms. The van der Waals surface area contributed by atoms with Crippen molar-refractivity contribution in [2.45, 2.75) is 6.18 Å². The standard InChI is InChI=1S/C18H17F4N3O/c19-15-6-1-2-7-16(15)23-17(26)25-10-8-24(9-11-25)14-5-3-4-13(12-14)18(20,21)22/h1-7,12H,8-11H2,(H,23,26). The van der Waals surface area contributed by atoms with Crippen LogP contribution in [0.4, 0.5) is 33.7 Å². The fourth-order valence-electron chi connectivity index (χ4n) is 2.80. The highest BCUT2D eigenvalue weighted by molar-refractivity contribution is 5.89. The molecule has 0 radical (unpaired) electrons. The molecule has 1 N–H and O–H groups in total. The largest absolute Gasteiger partial charge is 0.416 e. The van der Waals surface area contributed by atoms with E-state index in [4.69, 9.17) is 0 Å². The van der Waals surface area contributed by atoms with Crippen LogP contribution in [0.15, 0.2) is 48.5 Å². The van der Waals surface area contributed by atoms with Crippen molar-refractivity contribution < 1.29 is 22.4 Å². The molecule has 0 spiro atoms. The molecule has 0 bridgehead atoms. The van der Waals surface area contributed by atoms with Gasteiger partial charge in [0.25, 0.3) is 0 Å². The van der Waals surface area contributed by atoms with Crippen molar-refractivity contribution in [2.75, 3.05) is 36.4 Å². The number of halogens is 4. The summed E-state index contributed by atoms with van der Waals surface area (Å²) in [5.41, 5.74) is -0.137. The zero-order valence-electron chi connectivity index (χ0n) is 13.8. The minimum Gasteiger partial charge on any atom is -0.368 e. The molecule has 138 valence electrons. The summed E-state index contributed by atoms with van der Waals surface area (Å²) in [6.07, 6.45) is -4.39. The topological polar surface area (TPSA) is 35.6 Å². The molecule has 1 aliphatic heterocycles. The molecule has 2 aromatic carbocycles. The van der Waals surface area contributed by atoms with Gasteiger partial charge in [0.2, 0.25) is 0 Å². The molecule has 0 unspecified atom stereocenters. The van der Waals surface area contributed by atoms with Crippen molar-refractivity contribution in [1.29, 1.82) is 0 Å². The molecule has 1 aliphatic rings. The summed E-state index contributed by atoms with van der Waals surface area (Å²) < 4.78 is 52.1. The first-order chi connectivity index (χ1) is 12.3. The molecule has 3 rings (SSSR count). The molecule has 0 atom stereocenters. The maximum absolute atomic E-state index is 13.6. The van der Waals surface area contributed by atoms with Gasteiger partial charge in [-0.05, 0) is 30.3 Å². The first-order valence-electron chi connectivity index (χ1n) is 8.07. The second kappa shape index (κ2) is 7.23. The van der Waals surface area contributed by atoms with Crippen LogP contribution in [-0.4, -0.2) is 37.1 Å². The summed E-state index contributed by atoms with van der Waals surface area (Å²) in [5.74, 6) is -0.525. The van der Waals surface area contributed by atoms with Gasteiger partial charge in [0.1, 0.15) is 5.82 Å². The number of alkyl halides is 3. The Balaban J connectivity index is 1.61. The van der Waals surface area contributed by atoms with Gasteiger partial charge in [0, 0.05) is 31.9 Å². The zero-order chi connectivity index (χ0) is 18.7. The number of rotatable bonds is 2. The first kappa shape index (κ1) is 18.0. The number of para-hydroxylation sites is 1. The van der Waals surface area contributed by atoms with Gasteiger partial charge in [0.05, 0.1) is 11.3 Å². The molecule has 2 amide bonds. The summed E-state index contributed by atoms with van der Waals surface area (Å²) in [6, 6.07) is 10.5.